The molecule has 1 atom stereocenters. The monoisotopic (exact) mass is 398 g/mol. The Morgan fingerprint density at radius 3 is 2.00 bits per heavy atom. The number of rotatable bonds is 13. The lowest BCUT2D eigenvalue weighted by Gasteiger charge is -2.12. The minimum atomic E-state index is -4.28. The fraction of sp³-hybridized carbons (Fsp3) is 0.667. The molecular formula is C21H36NO4S-. The first kappa shape index (κ1) is 25.6. The van der Waals surface area contributed by atoms with Gasteiger partial charge in [0.1, 0.15) is 0 Å². The highest BCUT2D eigenvalue weighted by molar-refractivity contribution is 7.85. The first-order chi connectivity index (χ1) is 12.5. The maximum atomic E-state index is 11.8. The Labute approximate surface area is 165 Å². The van der Waals surface area contributed by atoms with Gasteiger partial charge < -0.3 is 9.87 Å². The third-order valence-corrected chi connectivity index (χ3v) is 5.02. The van der Waals surface area contributed by atoms with Crippen LogP contribution in [0.4, 0.5) is 0 Å². The smallest absolute Gasteiger partial charge is 0.222 e. The average molecular weight is 399 g/mol. The van der Waals surface area contributed by atoms with Gasteiger partial charge in [-0.2, -0.15) is 0 Å². The summed E-state index contributed by atoms with van der Waals surface area (Å²) in [6.45, 7) is 10.2. The molecule has 0 aromatic rings. The molecule has 27 heavy (non-hydrogen) atoms. The van der Waals surface area contributed by atoms with E-state index in [1.807, 2.05) is 6.92 Å². The van der Waals surface area contributed by atoms with Crippen molar-refractivity contribution < 1.29 is 17.8 Å². The summed E-state index contributed by atoms with van der Waals surface area (Å²) in [4.78, 5) is 11.8. The third-order valence-electron chi connectivity index (χ3n) is 4.31. The summed E-state index contributed by atoms with van der Waals surface area (Å²) in [5.41, 5.74) is 4.10. The van der Waals surface area contributed by atoms with E-state index in [0.29, 0.717) is 6.42 Å². The fourth-order valence-electron chi connectivity index (χ4n) is 2.52. The van der Waals surface area contributed by atoms with E-state index < -0.39 is 15.9 Å². The van der Waals surface area contributed by atoms with Gasteiger partial charge in [0, 0.05) is 12.5 Å². The summed E-state index contributed by atoms with van der Waals surface area (Å²) in [6.07, 6.45) is 12.5. The molecule has 0 aliphatic carbocycles. The van der Waals surface area contributed by atoms with Crippen molar-refractivity contribution in [1.29, 1.82) is 0 Å². The van der Waals surface area contributed by atoms with E-state index in [1.165, 1.54) is 16.7 Å². The molecule has 0 aliphatic heterocycles. The maximum Gasteiger partial charge on any atom is 0.222 e. The molecule has 0 radical (unpaired) electrons. The largest absolute Gasteiger partial charge is 0.748 e. The molecule has 0 heterocycles. The van der Waals surface area contributed by atoms with Gasteiger partial charge in [-0.05, 0) is 66.2 Å². The summed E-state index contributed by atoms with van der Waals surface area (Å²) < 4.78 is 31.5. The summed E-state index contributed by atoms with van der Waals surface area (Å²) in [7, 11) is -4.28. The third kappa shape index (κ3) is 16.5. The van der Waals surface area contributed by atoms with Crippen molar-refractivity contribution in [2.45, 2.75) is 73.1 Å². The average Bonchev–Trinajstić information content (AvgIpc) is 2.53. The first-order valence-electron chi connectivity index (χ1n) is 9.67. The Bertz CT molecular complexity index is 641. The van der Waals surface area contributed by atoms with E-state index in [9.17, 15) is 17.8 Å². The van der Waals surface area contributed by atoms with Crippen molar-refractivity contribution in [1.82, 2.24) is 5.32 Å². The van der Waals surface area contributed by atoms with Crippen LogP contribution in [0.25, 0.3) is 0 Å². The SMILES string of the molecule is CC(C)=CCC/C(C)=C/CC/C(C)=C/CCC(C)C(=O)NCCS(=O)(=O)[O-]. The Kier molecular flexibility index (Phi) is 13.0. The lowest BCUT2D eigenvalue weighted by Crippen LogP contribution is -2.33. The molecule has 1 unspecified atom stereocenters. The summed E-state index contributed by atoms with van der Waals surface area (Å²) in [5.74, 6) is -0.980. The van der Waals surface area contributed by atoms with Crippen LogP contribution in [0, 0.1) is 5.92 Å². The van der Waals surface area contributed by atoms with Crippen LogP contribution in [-0.4, -0.2) is 31.2 Å². The van der Waals surface area contributed by atoms with Gasteiger partial charge in [-0.1, -0.05) is 41.9 Å². The molecule has 0 saturated carbocycles. The number of nitrogens with one attached hydrogen (secondary N) is 1. The molecule has 0 saturated heterocycles. The van der Waals surface area contributed by atoms with Crippen LogP contribution >= 0.6 is 0 Å². The molecule has 0 rings (SSSR count). The van der Waals surface area contributed by atoms with Gasteiger partial charge in [-0.25, -0.2) is 8.42 Å². The Balaban J connectivity index is 4.06. The van der Waals surface area contributed by atoms with Gasteiger partial charge >= 0.3 is 0 Å². The van der Waals surface area contributed by atoms with E-state index in [2.05, 4.69) is 51.2 Å². The number of hydrogen-bond donors (Lipinski definition) is 1. The lowest BCUT2D eigenvalue weighted by atomic mass is 10.0. The zero-order valence-corrected chi connectivity index (χ0v) is 18.3. The number of carbonyl (C=O) groups excluding carboxylic acids is 1. The van der Waals surface area contributed by atoms with Crippen molar-refractivity contribution in [3.63, 3.8) is 0 Å². The van der Waals surface area contributed by atoms with Gasteiger partial charge in [0.25, 0.3) is 0 Å². The predicted octanol–water partition coefficient (Wildman–Crippen LogP) is 4.48. The van der Waals surface area contributed by atoms with Gasteiger partial charge in [0.2, 0.25) is 5.91 Å². The second kappa shape index (κ2) is 13.7. The molecule has 0 aliphatic rings. The van der Waals surface area contributed by atoms with Gasteiger partial charge in [-0.3, -0.25) is 4.79 Å². The maximum absolute atomic E-state index is 11.8. The van der Waals surface area contributed by atoms with Crippen LogP contribution in [0.1, 0.15) is 73.1 Å². The highest BCUT2D eigenvalue weighted by Gasteiger charge is 2.11. The van der Waals surface area contributed by atoms with Gasteiger partial charge in [0.05, 0.1) is 15.9 Å². The molecule has 156 valence electrons. The van der Waals surface area contributed by atoms with Crippen LogP contribution in [0.5, 0.6) is 0 Å². The summed E-state index contributed by atoms with van der Waals surface area (Å²) in [6, 6.07) is 0. The highest BCUT2D eigenvalue weighted by Crippen LogP contribution is 2.13. The van der Waals surface area contributed by atoms with Crippen molar-refractivity contribution in [2.75, 3.05) is 12.3 Å². The van der Waals surface area contributed by atoms with E-state index in [0.717, 1.165) is 32.1 Å². The Hall–Kier alpha value is -1.40. The molecule has 5 nitrogen and oxygen atoms in total. The van der Waals surface area contributed by atoms with E-state index in [1.54, 1.807) is 0 Å². The minimum absolute atomic E-state index is 0.122. The minimum Gasteiger partial charge on any atom is -0.748 e. The standard InChI is InChI=1S/C21H37NO4S/c1-17(2)9-6-10-18(3)11-7-12-19(4)13-8-14-20(5)21(23)22-15-16-27(24,25)26/h9,11,13,20H,6-8,10,12,14-16H2,1-5H3,(H,22,23)(H,24,25,26)/p-1/b18-11+,19-13+. The van der Waals surface area contributed by atoms with Crippen molar-refractivity contribution in [2.24, 2.45) is 5.92 Å². The normalized spacial score (nSPS) is 14.0. The number of allylic oxidation sites excluding steroid dienone is 6. The van der Waals surface area contributed by atoms with Crippen LogP contribution in [0.15, 0.2) is 34.9 Å². The van der Waals surface area contributed by atoms with E-state index in [-0.39, 0.29) is 18.4 Å². The van der Waals surface area contributed by atoms with Crippen LogP contribution < -0.4 is 5.32 Å². The predicted molar refractivity (Wildman–Crippen MR) is 111 cm³/mol. The topological polar surface area (TPSA) is 86.3 Å². The molecule has 1 amide bonds. The van der Waals surface area contributed by atoms with Crippen LogP contribution in [0.2, 0.25) is 0 Å². The van der Waals surface area contributed by atoms with Crippen LogP contribution in [-0.2, 0) is 14.9 Å². The Morgan fingerprint density at radius 1 is 0.963 bits per heavy atom. The van der Waals surface area contributed by atoms with Crippen molar-refractivity contribution in [3.8, 4) is 0 Å². The fourth-order valence-corrected chi connectivity index (χ4v) is 2.88. The molecule has 0 bridgehead atoms. The number of amides is 1. The van der Waals surface area contributed by atoms with E-state index >= 15 is 0 Å². The second-order valence-electron chi connectivity index (χ2n) is 7.49. The first-order valence-corrected chi connectivity index (χ1v) is 11.2. The van der Waals surface area contributed by atoms with E-state index in [4.69, 9.17) is 0 Å². The molecule has 0 aromatic heterocycles. The number of carbonyl (C=O) groups is 1. The number of hydrogen-bond acceptors (Lipinski definition) is 4. The molecule has 1 N–H and O–H groups in total. The zero-order valence-electron chi connectivity index (χ0n) is 17.5. The Morgan fingerprint density at radius 2 is 1.48 bits per heavy atom. The quantitative estimate of drug-likeness (QED) is 0.366. The molecular weight excluding hydrogens is 362 g/mol. The van der Waals surface area contributed by atoms with Crippen molar-refractivity contribution in [3.05, 3.63) is 34.9 Å². The lowest BCUT2D eigenvalue weighted by molar-refractivity contribution is -0.124. The van der Waals surface area contributed by atoms with Gasteiger partial charge in [0.15, 0.2) is 0 Å². The summed E-state index contributed by atoms with van der Waals surface area (Å²) >= 11 is 0. The summed E-state index contributed by atoms with van der Waals surface area (Å²) in [5, 5.41) is 2.50. The molecule has 6 heteroatoms. The van der Waals surface area contributed by atoms with Crippen molar-refractivity contribution >= 4 is 16.0 Å². The molecule has 0 spiro atoms. The highest BCUT2D eigenvalue weighted by atomic mass is 32.2. The molecule has 0 aromatic carbocycles. The second-order valence-corrected chi connectivity index (χ2v) is 9.01. The van der Waals surface area contributed by atoms with Gasteiger partial charge in [-0.15, -0.1) is 0 Å². The van der Waals surface area contributed by atoms with Crippen LogP contribution in [0.3, 0.4) is 0 Å². The molecule has 0 fully saturated rings. The zero-order chi connectivity index (χ0) is 20.9.